The van der Waals surface area contributed by atoms with Crippen molar-refractivity contribution >= 4 is 5.69 Å². The third-order valence-corrected chi connectivity index (χ3v) is 2.53. The van der Waals surface area contributed by atoms with Crippen molar-refractivity contribution < 1.29 is 4.39 Å². The van der Waals surface area contributed by atoms with Gasteiger partial charge in [0.05, 0.1) is 0 Å². The molecule has 0 unspecified atom stereocenters. The monoisotopic (exact) mass is 179 g/mol. The minimum atomic E-state index is -0.123. The molecule has 0 fully saturated rings. The number of nitrogens with zero attached hydrogens (tertiary/aromatic N) is 1. The zero-order valence-corrected chi connectivity index (χ0v) is 7.89. The van der Waals surface area contributed by atoms with Crippen molar-refractivity contribution in [2.24, 2.45) is 0 Å². The van der Waals surface area contributed by atoms with Gasteiger partial charge in [-0.15, -0.1) is 0 Å². The zero-order valence-electron chi connectivity index (χ0n) is 7.89. The Morgan fingerprint density at radius 1 is 1.46 bits per heavy atom. The van der Waals surface area contributed by atoms with E-state index in [2.05, 4.69) is 11.8 Å². The van der Waals surface area contributed by atoms with E-state index in [-0.39, 0.29) is 5.82 Å². The lowest BCUT2D eigenvalue weighted by molar-refractivity contribution is 0.627. The van der Waals surface area contributed by atoms with Gasteiger partial charge in [-0.25, -0.2) is 4.39 Å². The first-order chi connectivity index (χ1) is 6.31. The molecule has 1 nitrogen and oxygen atoms in total. The first-order valence-corrected chi connectivity index (χ1v) is 4.84. The molecule has 1 aliphatic rings. The summed E-state index contributed by atoms with van der Waals surface area (Å²) in [5.74, 6) is -0.123. The smallest absolute Gasteiger partial charge is 0.125 e. The summed E-state index contributed by atoms with van der Waals surface area (Å²) in [6.07, 6.45) is 2.19. The van der Waals surface area contributed by atoms with Gasteiger partial charge in [0, 0.05) is 18.8 Å². The van der Waals surface area contributed by atoms with Crippen molar-refractivity contribution in [2.75, 3.05) is 18.0 Å². The number of hydrogen-bond donors (Lipinski definition) is 0. The fourth-order valence-electron chi connectivity index (χ4n) is 1.92. The topological polar surface area (TPSA) is 3.24 Å². The minimum Gasteiger partial charge on any atom is -0.371 e. The first kappa shape index (κ1) is 8.54. The van der Waals surface area contributed by atoms with E-state index in [0.717, 1.165) is 31.6 Å². The van der Waals surface area contributed by atoms with Gasteiger partial charge in [-0.1, -0.05) is 13.0 Å². The standard InChI is InChI=1S/C11H14FN/c1-2-6-13-7-5-9-3-4-10(12)8-11(9)13/h3-4,8H,2,5-7H2,1H3. The molecule has 0 amide bonds. The maximum atomic E-state index is 12.9. The molecule has 0 N–H and O–H groups in total. The lowest BCUT2D eigenvalue weighted by atomic mass is 10.2. The number of rotatable bonds is 2. The Labute approximate surface area is 78.2 Å². The Morgan fingerprint density at radius 2 is 2.31 bits per heavy atom. The van der Waals surface area contributed by atoms with Crippen molar-refractivity contribution in [3.05, 3.63) is 29.6 Å². The molecule has 0 saturated heterocycles. The highest BCUT2D eigenvalue weighted by atomic mass is 19.1. The van der Waals surface area contributed by atoms with E-state index < -0.39 is 0 Å². The Morgan fingerprint density at radius 3 is 3.08 bits per heavy atom. The molecule has 0 bridgehead atoms. The largest absolute Gasteiger partial charge is 0.371 e. The van der Waals surface area contributed by atoms with Gasteiger partial charge < -0.3 is 4.90 Å². The van der Waals surface area contributed by atoms with E-state index in [1.807, 2.05) is 6.07 Å². The maximum Gasteiger partial charge on any atom is 0.125 e. The summed E-state index contributed by atoms with van der Waals surface area (Å²) in [5, 5.41) is 0. The van der Waals surface area contributed by atoms with Crippen LogP contribution in [0.5, 0.6) is 0 Å². The summed E-state index contributed by atoms with van der Waals surface area (Å²) in [6.45, 7) is 4.24. The molecule has 0 radical (unpaired) electrons. The van der Waals surface area contributed by atoms with Crippen molar-refractivity contribution in [1.29, 1.82) is 0 Å². The van der Waals surface area contributed by atoms with E-state index in [1.165, 1.54) is 5.56 Å². The molecule has 0 atom stereocenters. The summed E-state index contributed by atoms with van der Waals surface area (Å²) in [4.78, 5) is 2.26. The molecule has 70 valence electrons. The van der Waals surface area contributed by atoms with Gasteiger partial charge in [-0.05, 0) is 30.5 Å². The summed E-state index contributed by atoms with van der Waals surface area (Å²) < 4.78 is 12.9. The third kappa shape index (κ3) is 1.53. The maximum absolute atomic E-state index is 12.9. The minimum absolute atomic E-state index is 0.123. The van der Waals surface area contributed by atoms with E-state index >= 15 is 0 Å². The average Bonchev–Trinajstić information content (AvgIpc) is 2.49. The first-order valence-electron chi connectivity index (χ1n) is 4.84. The summed E-state index contributed by atoms with van der Waals surface area (Å²) in [6, 6.07) is 5.10. The van der Waals surface area contributed by atoms with E-state index in [0.29, 0.717) is 0 Å². The van der Waals surface area contributed by atoms with Crippen LogP contribution in [0.1, 0.15) is 18.9 Å². The number of anilines is 1. The van der Waals surface area contributed by atoms with Gasteiger partial charge in [0.1, 0.15) is 5.82 Å². The Bertz CT molecular complexity index is 307. The van der Waals surface area contributed by atoms with Crippen LogP contribution in [0, 0.1) is 5.82 Å². The highest BCUT2D eigenvalue weighted by Gasteiger charge is 2.17. The molecule has 0 aromatic heterocycles. The van der Waals surface area contributed by atoms with E-state index in [1.54, 1.807) is 12.1 Å². The van der Waals surface area contributed by atoms with Gasteiger partial charge in [0.2, 0.25) is 0 Å². The highest BCUT2D eigenvalue weighted by molar-refractivity contribution is 5.57. The van der Waals surface area contributed by atoms with Crippen molar-refractivity contribution in [2.45, 2.75) is 19.8 Å². The van der Waals surface area contributed by atoms with Crippen molar-refractivity contribution in [3.8, 4) is 0 Å². The molecule has 1 aromatic rings. The molecule has 2 rings (SSSR count). The van der Waals surface area contributed by atoms with Crippen LogP contribution in [-0.4, -0.2) is 13.1 Å². The predicted octanol–water partition coefficient (Wildman–Crippen LogP) is 2.60. The number of benzene rings is 1. The molecular weight excluding hydrogens is 165 g/mol. The van der Waals surface area contributed by atoms with Crippen LogP contribution in [0.2, 0.25) is 0 Å². The molecule has 0 aliphatic carbocycles. The molecule has 2 heteroatoms. The van der Waals surface area contributed by atoms with Gasteiger partial charge in [-0.2, -0.15) is 0 Å². The lowest BCUT2D eigenvalue weighted by Gasteiger charge is -2.17. The lowest BCUT2D eigenvalue weighted by Crippen LogP contribution is -2.20. The Balaban J connectivity index is 2.29. The Hall–Kier alpha value is -1.05. The molecule has 1 aliphatic heterocycles. The van der Waals surface area contributed by atoms with Gasteiger partial charge in [0.25, 0.3) is 0 Å². The van der Waals surface area contributed by atoms with Crippen LogP contribution in [0.25, 0.3) is 0 Å². The summed E-state index contributed by atoms with van der Waals surface area (Å²) in [7, 11) is 0. The molecular formula is C11H14FN. The van der Waals surface area contributed by atoms with Crippen molar-refractivity contribution in [1.82, 2.24) is 0 Å². The SMILES string of the molecule is CCCN1CCc2ccc(F)cc21. The molecule has 1 aromatic carbocycles. The molecule has 0 saturated carbocycles. The third-order valence-electron chi connectivity index (χ3n) is 2.53. The molecule has 0 spiro atoms. The number of fused-ring (bicyclic) bond motifs is 1. The van der Waals surface area contributed by atoms with Gasteiger partial charge >= 0.3 is 0 Å². The van der Waals surface area contributed by atoms with Crippen LogP contribution in [0.3, 0.4) is 0 Å². The highest BCUT2D eigenvalue weighted by Crippen LogP contribution is 2.28. The number of hydrogen-bond acceptors (Lipinski definition) is 1. The second-order valence-corrected chi connectivity index (χ2v) is 3.51. The molecule has 13 heavy (non-hydrogen) atoms. The normalized spacial score (nSPS) is 14.8. The predicted molar refractivity (Wildman–Crippen MR) is 52.6 cm³/mol. The van der Waals surface area contributed by atoms with Crippen LogP contribution < -0.4 is 4.90 Å². The van der Waals surface area contributed by atoms with Gasteiger partial charge in [0.15, 0.2) is 0 Å². The van der Waals surface area contributed by atoms with Crippen LogP contribution in [0.15, 0.2) is 18.2 Å². The second kappa shape index (κ2) is 3.36. The zero-order chi connectivity index (χ0) is 9.26. The van der Waals surface area contributed by atoms with Crippen molar-refractivity contribution in [3.63, 3.8) is 0 Å². The molecule has 1 heterocycles. The van der Waals surface area contributed by atoms with E-state index in [4.69, 9.17) is 0 Å². The fourth-order valence-corrected chi connectivity index (χ4v) is 1.92. The van der Waals surface area contributed by atoms with Crippen LogP contribution in [-0.2, 0) is 6.42 Å². The quantitative estimate of drug-likeness (QED) is 0.674. The number of halogens is 1. The average molecular weight is 179 g/mol. The van der Waals surface area contributed by atoms with Crippen LogP contribution in [0.4, 0.5) is 10.1 Å². The summed E-state index contributed by atoms with van der Waals surface area (Å²) >= 11 is 0. The van der Waals surface area contributed by atoms with E-state index in [9.17, 15) is 4.39 Å². The fraction of sp³-hybridized carbons (Fsp3) is 0.455. The Kier molecular flexibility index (Phi) is 2.21. The second-order valence-electron chi connectivity index (χ2n) is 3.51. The van der Waals surface area contributed by atoms with Crippen LogP contribution >= 0.6 is 0 Å². The summed E-state index contributed by atoms with van der Waals surface area (Å²) in [5.41, 5.74) is 2.39. The van der Waals surface area contributed by atoms with Gasteiger partial charge in [-0.3, -0.25) is 0 Å².